The smallest absolute Gasteiger partial charge is 0.322 e. The maximum Gasteiger partial charge on any atom is 0.322 e. The Morgan fingerprint density at radius 3 is 2.64 bits per heavy atom. The van der Waals surface area contributed by atoms with Gasteiger partial charge >= 0.3 is 6.03 Å². The molecule has 2 aromatic carbocycles. The Labute approximate surface area is 164 Å². The number of hydrogen-bond acceptors (Lipinski definition) is 4. The van der Waals surface area contributed by atoms with Gasteiger partial charge in [0.15, 0.2) is 11.5 Å². The molecule has 2 aromatic rings. The van der Waals surface area contributed by atoms with Crippen molar-refractivity contribution in [2.75, 3.05) is 25.1 Å². The second kappa shape index (κ2) is 7.02. The fourth-order valence-electron chi connectivity index (χ4n) is 4.28. The van der Waals surface area contributed by atoms with Crippen molar-refractivity contribution >= 4 is 11.7 Å². The predicted molar refractivity (Wildman–Crippen MR) is 105 cm³/mol. The quantitative estimate of drug-likeness (QED) is 0.842. The lowest BCUT2D eigenvalue weighted by molar-refractivity contribution is -0.0716. The molecule has 146 valence electrons. The van der Waals surface area contributed by atoms with Gasteiger partial charge in [-0.25, -0.2) is 4.79 Å². The Balaban J connectivity index is 1.32. The molecule has 1 spiro atoms. The topological polar surface area (TPSA) is 60.0 Å². The van der Waals surface area contributed by atoms with Crippen LogP contribution in [0.15, 0.2) is 48.5 Å². The van der Waals surface area contributed by atoms with Gasteiger partial charge in [0, 0.05) is 31.1 Å². The van der Waals surface area contributed by atoms with Crippen molar-refractivity contribution in [1.29, 1.82) is 0 Å². The summed E-state index contributed by atoms with van der Waals surface area (Å²) >= 11 is 0. The summed E-state index contributed by atoms with van der Waals surface area (Å²) in [6.07, 6.45) is 4.07. The van der Waals surface area contributed by atoms with Gasteiger partial charge in [-0.1, -0.05) is 30.3 Å². The summed E-state index contributed by atoms with van der Waals surface area (Å²) in [5, 5.41) is 3.02. The van der Waals surface area contributed by atoms with Crippen molar-refractivity contribution in [3.05, 3.63) is 54.1 Å². The van der Waals surface area contributed by atoms with Crippen LogP contribution in [0, 0.1) is 0 Å². The van der Waals surface area contributed by atoms with Crippen LogP contribution in [0.2, 0.25) is 0 Å². The van der Waals surface area contributed by atoms with E-state index in [2.05, 4.69) is 5.32 Å². The van der Waals surface area contributed by atoms with E-state index in [1.165, 1.54) is 0 Å². The summed E-state index contributed by atoms with van der Waals surface area (Å²) in [6, 6.07) is 15.4. The molecule has 0 aromatic heterocycles. The highest BCUT2D eigenvalue weighted by Gasteiger charge is 2.44. The van der Waals surface area contributed by atoms with E-state index < -0.39 is 5.79 Å². The first-order valence-electron chi connectivity index (χ1n) is 9.95. The summed E-state index contributed by atoms with van der Waals surface area (Å²) in [6.45, 7) is 1.60. The number of hydrogen-bond donors (Lipinski definition) is 1. The van der Waals surface area contributed by atoms with Gasteiger partial charge in [-0.15, -0.1) is 0 Å². The molecule has 2 amide bonds. The SMILES string of the molecule is O=C(Nc1ccc2c(c1)OC1(CCCC1)O2)N1CCOC[C@H]1c1ccccc1. The van der Waals surface area contributed by atoms with Gasteiger partial charge in [-0.05, 0) is 30.5 Å². The monoisotopic (exact) mass is 380 g/mol. The van der Waals surface area contributed by atoms with Crippen LogP contribution in [-0.2, 0) is 4.74 Å². The fourth-order valence-corrected chi connectivity index (χ4v) is 4.28. The zero-order chi connectivity index (χ0) is 19.0. The van der Waals surface area contributed by atoms with Crippen LogP contribution in [0.4, 0.5) is 10.5 Å². The summed E-state index contributed by atoms with van der Waals surface area (Å²) in [5.74, 6) is 0.975. The second-order valence-corrected chi connectivity index (χ2v) is 7.61. The lowest BCUT2D eigenvalue weighted by Crippen LogP contribution is -2.45. The van der Waals surface area contributed by atoms with Crippen LogP contribution in [-0.4, -0.2) is 36.5 Å². The third kappa shape index (κ3) is 3.18. The van der Waals surface area contributed by atoms with E-state index in [9.17, 15) is 4.79 Å². The molecule has 6 nitrogen and oxygen atoms in total. The van der Waals surface area contributed by atoms with Crippen LogP contribution in [0.25, 0.3) is 0 Å². The number of carbonyl (C=O) groups is 1. The van der Waals surface area contributed by atoms with Crippen molar-refractivity contribution in [3.63, 3.8) is 0 Å². The zero-order valence-electron chi connectivity index (χ0n) is 15.7. The summed E-state index contributed by atoms with van der Waals surface area (Å²) in [4.78, 5) is 14.8. The number of ether oxygens (including phenoxy) is 3. The molecule has 1 N–H and O–H groups in total. The Kier molecular flexibility index (Phi) is 4.36. The van der Waals surface area contributed by atoms with Crippen LogP contribution < -0.4 is 14.8 Å². The molecule has 2 aliphatic heterocycles. The van der Waals surface area contributed by atoms with E-state index in [0.29, 0.717) is 31.2 Å². The number of benzene rings is 2. The number of amides is 2. The summed E-state index contributed by atoms with van der Waals surface area (Å²) in [5.41, 5.74) is 1.78. The standard InChI is InChI=1S/C22H24N2O4/c25-21(24-12-13-26-15-18(24)16-6-2-1-3-7-16)23-17-8-9-19-20(14-17)28-22(27-19)10-4-5-11-22/h1-3,6-9,14,18H,4-5,10-13,15H2,(H,23,25)/t18-/m0/s1. The number of nitrogens with zero attached hydrogens (tertiary/aromatic N) is 1. The highest BCUT2D eigenvalue weighted by atomic mass is 16.7. The maximum absolute atomic E-state index is 13.0. The molecule has 2 heterocycles. The Morgan fingerprint density at radius 1 is 1.04 bits per heavy atom. The Morgan fingerprint density at radius 2 is 1.82 bits per heavy atom. The molecule has 0 radical (unpaired) electrons. The average Bonchev–Trinajstić information content (AvgIpc) is 3.34. The van der Waals surface area contributed by atoms with E-state index in [4.69, 9.17) is 14.2 Å². The van der Waals surface area contributed by atoms with Crippen LogP contribution in [0.1, 0.15) is 37.3 Å². The van der Waals surface area contributed by atoms with Crippen molar-refractivity contribution in [3.8, 4) is 11.5 Å². The highest BCUT2D eigenvalue weighted by Crippen LogP contribution is 2.47. The van der Waals surface area contributed by atoms with Gasteiger partial charge in [0.2, 0.25) is 0 Å². The lowest BCUT2D eigenvalue weighted by atomic mass is 10.1. The minimum Gasteiger partial charge on any atom is -0.448 e. The number of nitrogens with one attached hydrogen (secondary N) is 1. The molecule has 1 saturated heterocycles. The number of morpholine rings is 1. The molecular weight excluding hydrogens is 356 g/mol. The number of urea groups is 1. The number of anilines is 1. The molecule has 0 bridgehead atoms. The predicted octanol–water partition coefficient (Wildman–Crippen LogP) is 4.33. The van der Waals surface area contributed by atoms with Gasteiger partial charge in [0.05, 0.1) is 19.3 Å². The van der Waals surface area contributed by atoms with Gasteiger partial charge in [-0.3, -0.25) is 0 Å². The molecule has 0 unspecified atom stereocenters. The molecule has 28 heavy (non-hydrogen) atoms. The van der Waals surface area contributed by atoms with E-state index in [-0.39, 0.29) is 12.1 Å². The summed E-state index contributed by atoms with van der Waals surface area (Å²) < 4.78 is 17.8. The molecular formula is C22H24N2O4. The molecule has 1 aliphatic carbocycles. The number of rotatable bonds is 2. The van der Waals surface area contributed by atoms with E-state index in [1.807, 2.05) is 53.4 Å². The molecule has 1 atom stereocenters. The van der Waals surface area contributed by atoms with Crippen molar-refractivity contribution < 1.29 is 19.0 Å². The lowest BCUT2D eigenvalue weighted by Gasteiger charge is -2.35. The third-order valence-electron chi connectivity index (χ3n) is 5.73. The van der Waals surface area contributed by atoms with Gasteiger partial charge in [-0.2, -0.15) is 0 Å². The van der Waals surface area contributed by atoms with Crippen molar-refractivity contribution in [2.24, 2.45) is 0 Å². The van der Waals surface area contributed by atoms with Gasteiger partial charge in [0.25, 0.3) is 5.79 Å². The van der Waals surface area contributed by atoms with Crippen molar-refractivity contribution in [2.45, 2.75) is 37.5 Å². The van der Waals surface area contributed by atoms with Crippen LogP contribution >= 0.6 is 0 Å². The van der Waals surface area contributed by atoms with E-state index in [0.717, 1.165) is 37.0 Å². The molecule has 2 fully saturated rings. The first-order chi connectivity index (χ1) is 13.7. The molecule has 5 rings (SSSR count). The van der Waals surface area contributed by atoms with Gasteiger partial charge in [0.1, 0.15) is 0 Å². The third-order valence-corrected chi connectivity index (χ3v) is 5.73. The van der Waals surface area contributed by atoms with Crippen LogP contribution in [0.3, 0.4) is 0 Å². The number of fused-ring (bicyclic) bond motifs is 1. The fraction of sp³-hybridized carbons (Fsp3) is 0.409. The Hall–Kier alpha value is -2.73. The second-order valence-electron chi connectivity index (χ2n) is 7.61. The number of carbonyl (C=O) groups excluding carboxylic acids is 1. The molecule has 3 aliphatic rings. The van der Waals surface area contributed by atoms with E-state index in [1.54, 1.807) is 0 Å². The maximum atomic E-state index is 13.0. The first kappa shape index (κ1) is 17.4. The minimum atomic E-state index is -0.492. The first-order valence-corrected chi connectivity index (χ1v) is 9.95. The average molecular weight is 380 g/mol. The highest BCUT2D eigenvalue weighted by molar-refractivity contribution is 5.90. The van der Waals surface area contributed by atoms with Crippen molar-refractivity contribution in [1.82, 2.24) is 4.90 Å². The Bertz CT molecular complexity index is 864. The minimum absolute atomic E-state index is 0.0919. The van der Waals surface area contributed by atoms with Crippen LogP contribution in [0.5, 0.6) is 11.5 Å². The normalized spacial score (nSPS) is 22.4. The molecule has 6 heteroatoms. The van der Waals surface area contributed by atoms with Gasteiger partial charge < -0.3 is 24.4 Å². The largest absolute Gasteiger partial charge is 0.448 e. The zero-order valence-corrected chi connectivity index (χ0v) is 15.7. The molecule has 1 saturated carbocycles. The summed E-state index contributed by atoms with van der Waals surface area (Å²) in [7, 11) is 0. The van der Waals surface area contributed by atoms with E-state index >= 15 is 0 Å².